The standard InChI is InChI=1S/C12H16N2O2/c1-8-5-6-13-11(10(8)12(15)16)14-7-9-3-2-4-9/h5-6,9H,2-4,7H2,1H3,(H,13,14)(H,15,16). The first-order chi connectivity index (χ1) is 7.68. The van der Waals surface area contributed by atoms with Crippen molar-refractivity contribution in [3.8, 4) is 0 Å². The van der Waals surface area contributed by atoms with Gasteiger partial charge in [0.05, 0.1) is 0 Å². The molecule has 1 aromatic rings. The Morgan fingerprint density at radius 2 is 2.38 bits per heavy atom. The lowest BCUT2D eigenvalue weighted by Crippen LogP contribution is -2.22. The third-order valence-corrected chi connectivity index (χ3v) is 3.16. The van der Waals surface area contributed by atoms with E-state index in [0.717, 1.165) is 12.1 Å². The first kappa shape index (κ1) is 10.9. The van der Waals surface area contributed by atoms with Crippen LogP contribution in [0, 0.1) is 12.8 Å². The van der Waals surface area contributed by atoms with Gasteiger partial charge in [-0.05, 0) is 37.3 Å². The van der Waals surface area contributed by atoms with Gasteiger partial charge in [0.15, 0.2) is 0 Å². The second kappa shape index (κ2) is 4.51. The Bertz CT molecular complexity index is 400. The van der Waals surface area contributed by atoms with Crippen LogP contribution in [0.2, 0.25) is 0 Å². The first-order valence-corrected chi connectivity index (χ1v) is 5.61. The van der Waals surface area contributed by atoms with Gasteiger partial charge in [-0.2, -0.15) is 0 Å². The molecule has 0 amide bonds. The van der Waals surface area contributed by atoms with E-state index in [9.17, 15) is 4.79 Å². The molecule has 0 aliphatic heterocycles. The van der Waals surface area contributed by atoms with Crippen LogP contribution in [0.4, 0.5) is 5.82 Å². The van der Waals surface area contributed by atoms with E-state index in [0.29, 0.717) is 17.3 Å². The van der Waals surface area contributed by atoms with Crippen molar-refractivity contribution in [1.29, 1.82) is 0 Å². The van der Waals surface area contributed by atoms with Crippen LogP contribution in [-0.4, -0.2) is 22.6 Å². The Morgan fingerprint density at radius 1 is 1.62 bits per heavy atom. The van der Waals surface area contributed by atoms with E-state index in [-0.39, 0.29) is 0 Å². The molecule has 1 fully saturated rings. The number of anilines is 1. The number of carbonyl (C=O) groups is 1. The Kier molecular flexibility index (Phi) is 3.08. The first-order valence-electron chi connectivity index (χ1n) is 5.61. The molecule has 86 valence electrons. The van der Waals surface area contributed by atoms with E-state index >= 15 is 0 Å². The summed E-state index contributed by atoms with van der Waals surface area (Å²) in [6, 6.07) is 1.72. The molecule has 0 saturated heterocycles. The molecule has 0 atom stereocenters. The average molecular weight is 220 g/mol. The molecule has 1 aliphatic rings. The van der Waals surface area contributed by atoms with Gasteiger partial charge in [-0.15, -0.1) is 0 Å². The van der Waals surface area contributed by atoms with Crippen molar-refractivity contribution in [3.05, 3.63) is 23.4 Å². The monoisotopic (exact) mass is 220 g/mol. The molecular weight excluding hydrogens is 204 g/mol. The fourth-order valence-corrected chi connectivity index (χ4v) is 1.90. The van der Waals surface area contributed by atoms with Gasteiger partial charge in [0.25, 0.3) is 0 Å². The maximum absolute atomic E-state index is 11.1. The van der Waals surface area contributed by atoms with E-state index in [1.165, 1.54) is 19.3 Å². The van der Waals surface area contributed by atoms with Gasteiger partial charge in [0.2, 0.25) is 0 Å². The molecule has 4 nitrogen and oxygen atoms in total. The molecule has 0 spiro atoms. The summed E-state index contributed by atoms with van der Waals surface area (Å²) in [7, 11) is 0. The summed E-state index contributed by atoms with van der Waals surface area (Å²) in [4.78, 5) is 15.2. The molecule has 1 saturated carbocycles. The number of carboxylic acid groups (broad SMARTS) is 1. The molecule has 0 unspecified atom stereocenters. The Morgan fingerprint density at radius 3 is 2.94 bits per heavy atom. The summed E-state index contributed by atoms with van der Waals surface area (Å²) in [6.45, 7) is 2.62. The predicted octanol–water partition coefficient (Wildman–Crippen LogP) is 2.30. The number of hydrogen-bond donors (Lipinski definition) is 2. The zero-order chi connectivity index (χ0) is 11.5. The highest BCUT2D eigenvalue weighted by Gasteiger charge is 2.19. The molecule has 4 heteroatoms. The fraction of sp³-hybridized carbons (Fsp3) is 0.500. The number of aryl methyl sites for hydroxylation is 1. The lowest BCUT2D eigenvalue weighted by molar-refractivity contribution is 0.0696. The molecule has 1 aromatic heterocycles. The second-order valence-corrected chi connectivity index (χ2v) is 4.33. The lowest BCUT2D eigenvalue weighted by atomic mass is 9.85. The van der Waals surface area contributed by atoms with Crippen molar-refractivity contribution in [2.45, 2.75) is 26.2 Å². The summed E-state index contributed by atoms with van der Waals surface area (Å²) in [6.07, 6.45) is 5.41. The van der Waals surface area contributed by atoms with Crippen molar-refractivity contribution >= 4 is 11.8 Å². The number of pyridine rings is 1. The topological polar surface area (TPSA) is 62.2 Å². The zero-order valence-corrected chi connectivity index (χ0v) is 9.36. The SMILES string of the molecule is Cc1ccnc(NCC2CCC2)c1C(=O)O. The summed E-state index contributed by atoms with van der Waals surface area (Å²) >= 11 is 0. The zero-order valence-electron chi connectivity index (χ0n) is 9.36. The maximum Gasteiger partial charge on any atom is 0.339 e. The van der Waals surface area contributed by atoms with Crippen molar-refractivity contribution in [2.75, 3.05) is 11.9 Å². The summed E-state index contributed by atoms with van der Waals surface area (Å²) < 4.78 is 0. The van der Waals surface area contributed by atoms with Gasteiger partial charge in [0, 0.05) is 12.7 Å². The number of hydrogen-bond acceptors (Lipinski definition) is 3. The number of aromatic carboxylic acids is 1. The molecule has 1 heterocycles. The third-order valence-electron chi connectivity index (χ3n) is 3.16. The van der Waals surface area contributed by atoms with Gasteiger partial charge in [-0.1, -0.05) is 6.42 Å². The highest BCUT2D eigenvalue weighted by atomic mass is 16.4. The number of carboxylic acids is 1. The molecule has 0 radical (unpaired) electrons. The van der Waals surface area contributed by atoms with Gasteiger partial charge < -0.3 is 10.4 Å². The molecule has 0 aromatic carbocycles. The van der Waals surface area contributed by atoms with Crippen LogP contribution >= 0.6 is 0 Å². The van der Waals surface area contributed by atoms with Crippen LogP contribution in [0.5, 0.6) is 0 Å². The van der Waals surface area contributed by atoms with Crippen molar-refractivity contribution in [1.82, 2.24) is 4.98 Å². The van der Waals surface area contributed by atoms with Crippen molar-refractivity contribution in [2.24, 2.45) is 5.92 Å². The summed E-state index contributed by atoms with van der Waals surface area (Å²) in [5, 5.41) is 12.2. The van der Waals surface area contributed by atoms with Gasteiger partial charge in [-0.25, -0.2) is 9.78 Å². The minimum Gasteiger partial charge on any atom is -0.478 e. The quantitative estimate of drug-likeness (QED) is 0.817. The largest absolute Gasteiger partial charge is 0.478 e. The molecule has 2 rings (SSSR count). The van der Waals surface area contributed by atoms with Gasteiger partial charge in [0.1, 0.15) is 11.4 Å². The van der Waals surface area contributed by atoms with Crippen LogP contribution < -0.4 is 5.32 Å². The summed E-state index contributed by atoms with van der Waals surface area (Å²) in [5.41, 5.74) is 1.04. The highest BCUT2D eigenvalue weighted by Crippen LogP contribution is 2.27. The third kappa shape index (κ3) is 2.15. The average Bonchev–Trinajstić information content (AvgIpc) is 2.14. The Labute approximate surface area is 94.7 Å². The second-order valence-electron chi connectivity index (χ2n) is 4.33. The maximum atomic E-state index is 11.1. The van der Waals surface area contributed by atoms with Gasteiger partial charge in [-0.3, -0.25) is 0 Å². The molecule has 16 heavy (non-hydrogen) atoms. The molecule has 0 bridgehead atoms. The van der Waals surface area contributed by atoms with Crippen LogP contribution in [0.1, 0.15) is 35.2 Å². The minimum atomic E-state index is -0.915. The Balaban J connectivity index is 2.12. The normalized spacial score (nSPS) is 15.6. The van der Waals surface area contributed by atoms with Gasteiger partial charge >= 0.3 is 5.97 Å². The van der Waals surface area contributed by atoms with E-state index in [2.05, 4.69) is 10.3 Å². The molecular formula is C12H16N2O2. The Hall–Kier alpha value is -1.58. The van der Waals surface area contributed by atoms with E-state index in [1.54, 1.807) is 19.2 Å². The highest BCUT2D eigenvalue weighted by molar-refractivity contribution is 5.94. The number of rotatable bonds is 4. The van der Waals surface area contributed by atoms with Crippen LogP contribution in [0.3, 0.4) is 0 Å². The van der Waals surface area contributed by atoms with Crippen LogP contribution in [0.25, 0.3) is 0 Å². The number of nitrogens with zero attached hydrogens (tertiary/aromatic N) is 1. The molecule has 1 aliphatic carbocycles. The van der Waals surface area contributed by atoms with Crippen LogP contribution in [-0.2, 0) is 0 Å². The van der Waals surface area contributed by atoms with E-state index in [1.807, 2.05) is 0 Å². The summed E-state index contributed by atoms with van der Waals surface area (Å²) in [5.74, 6) is 0.269. The van der Waals surface area contributed by atoms with Crippen molar-refractivity contribution < 1.29 is 9.90 Å². The minimum absolute atomic E-state index is 0.293. The number of nitrogens with one attached hydrogen (secondary N) is 1. The smallest absolute Gasteiger partial charge is 0.339 e. The lowest BCUT2D eigenvalue weighted by Gasteiger charge is -2.26. The molecule has 2 N–H and O–H groups in total. The van der Waals surface area contributed by atoms with Crippen molar-refractivity contribution in [3.63, 3.8) is 0 Å². The van der Waals surface area contributed by atoms with E-state index in [4.69, 9.17) is 5.11 Å². The van der Waals surface area contributed by atoms with Crippen LogP contribution in [0.15, 0.2) is 12.3 Å². The number of aromatic nitrogens is 1. The fourth-order valence-electron chi connectivity index (χ4n) is 1.90. The predicted molar refractivity (Wildman–Crippen MR) is 61.8 cm³/mol. The van der Waals surface area contributed by atoms with E-state index < -0.39 is 5.97 Å².